The maximum atomic E-state index is 13.7. The Morgan fingerprint density at radius 2 is 1.69 bits per heavy atom. The first-order chi connectivity index (χ1) is 18.6. The molecule has 0 saturated carbocycles. The van der Waals surface area contributed by atoms with Gasteiger partial charge in [0.15, 0.2) is 0 Å². The number of carbonyl (C=O) groups excluding carboxylic acids is 1. The molecule has 2 heterocycles. The maximum Gasteiger partial charge on any atom is 0.412 e. The lowest BCUT2D eigenvalue weighted by Gasteiger charge is -2.19. The number of nitriles is 1. The zero-order valence-electron chi connectivity index (χ0n) is 21.5. The number of hydrogen-bond donors (Lipinski definition) is 1. The molecule has 0 aliphatic rings. The van der Waals surface area contributed by atoms with E-state index in [0.717, 1.165) is 5.69 Å². The number of ether oxygens (including phenoxy) is 1. The van der Waals surface area contributed by atoms with E-state index in [0.29, 0.717) is 39.2 Å². The zero-order chi connectivity index (χ0) is 27.7. The van der Waals surface area contributed by atoms with Gasteiger partial charge in [0, 0.05) is 23.6 Å². The lowest BCUT2D eigenvalue weighted by molar-refractivity contribution is 0.0636. The van der Waals surface area contributed by atoms with Crippen LogP contribution in [0, 0.1) is 17.1 Å². The molecule has 5 rings (SSSR count). The normalized spacial score (nSPS) is 11.3. The first-order valence-corrected chi connectivity index (χ1v) is 12.1. The first-order valence-electron chi connectivity index (χ1n) is 12.1. The summed E-state index contributed by atoms with van der Waals surface area (Å²) in [6.07, 6.45) is 2.94. The molecule has 0 radical (unpaired) electrons. The zero-order valence-corrected chi connectivity index (χ0v) is 21.5. The number of carbonyl (C=O) groups is 1. The number of nitrogens with zero attached hydrogens (tertiary/aromatic N) is 4. The van der Waals surface area contributed by atoms with Gasteiger partial charge in [0.1, 0.15) is 17.2 Å². The van der Waals surface area contributed by atoms with Gasteiger partial charge in [-0.1, -0.05) is 0 Å². The summed E-state index contributed by atoms with van der Waals surface area (Å²) in [5, 5.41) is 12.3. The Hall–Kier alpha value is -5.23. The van der Waals surface area contributed by atoms with Crippen molar-refractivity contribution in [2.45, 2.75) is 26.4 Å². The number of anilines is 1. The van der Waals surface area contributed by atoms with Crippen molar-refractivity contribution in [1.82, 2.24) is 14.1 Å². The number of rotatable bonds is 4. The van der Waals surface area contributed by atoms with Gasteiger partial charge in [-0.2, -0.15) is 5.26 Å². The molecule has 0 aliphatic carbocycles. The molecule has 0 spiro atoms. The summed E-state index contributed by atoms with van der Waals surface area (Å²) in [5.74, 6) is -0.0714. The van der Waals surface area contributed by atoms with Gasteiger partial charge in [0.2, 0.25) is 0 Å². The predicted molar refractivity (Wildman–Crippen MR) is 147 cm³/mol. The van der Waals surface area contributed by atoms with Crippen LogP contribution < -0.4 is 10.9 Å². The van der Waals surface area contributed by atoms with Crippen LogP contribution in [0.1, 0.15) is 26.3 Å². The van der Waals surface area contributed by atoms with Crippen molar-refractivity contribution in [2.24, 2.45) is 0 Å². The van der Waals surface area contributed by atoms with E-state index in [1.165, 1.54) is 28.8 Å². The van der Waals surface area contributed by atoms with Gasteiger partial charge in [0.05, 0.1) is 33.9 Å². The molecule has 1 amide bonds. The third kappa shape index (κ3) is 5.40. The van der Waals surface area contributed by atoms with Crippen LogP contribution in [0.3, 0.4) is 0 Å². The van der Waals surface area contributed by atoms with Crippen LogP contribution in [0.5, 0.6) is 0 Å². The third-order valence-corrected chi connectivity index (χ3v) is 5.85. The van der Waals surface area contributed by atoms with Crippen molar-refractivity contribution in [3.63, 3.8) is 0 Å². The lowest BCUT2D eigenvalue weighted by atomic mass is 10.1. The Balaban J connectivity index is 1.60. The molecule has 9 heteroatoms. The van der Waals surface area contributed by atoms with Gasteiger partial charge in [-0.25, -0.2) is 14.2 Å². The minimum Gasteiger partial charge on any atom is -0.444 e. The Morgan fingerprint density at radius 3 is 2.36 bits per heavy atom. The quantitative estimate of drug-likeness (QED) is 0.303. The van der Waals surface area contributed by atoms with Crippen LogP contribution in [0.4, 0.5) is 14.9 Å². The van der Waals surface area contributed by atoms with Gasteiger partial charge in [-0.3, -0.25) is 14.7 Å². The minimum absolute atomic E-state index is 0.322. The predicted octanol–water partition coefficient (Wildman–Crippen LogP) is 6.20. The molecule has 0 bridgehead atoms. The largest absolute Gasteiger partial charge is 0.444 e. The number of aromatic nitrogens is 3. The summed E-state index contributed by atoms with van der Waals surface area (Å²) in [6.45, 7) is 5.36. The number of hydrogen-bond acceptors (Lipinski definition) is 5. The van der Waals surface area contributed by atoms with E-state index >= 15 is 0 Å². The average molecular weight is 522 g/mol. The number of benzene rings is 3. The van der Waals surface area contributed by atoms with E-state index in [2.05, 4.69) is 11.4 Å². The molecule has 8 nitrogen and oxygen atoms in total. The highest BCUT2D eigenvalue weighted by atomic mass is 19.1. The molecule has 2 aromatic heterocycles. The standard InChI is InChI=1S/C30H24FN5O3/c1-30(2,3)39-29(38)33-22-14-15-35(18-22)24-12-13-25-26(16-24)34-27(20-6-4-19(17-32)5-7-20)36(28(25)37)23-10-8-21(31)9-11-23/h4-16,18H,1-3H3,(H,33,38). The van der Waals surface area contributed by atoms with E-state index in [1.807, 2.05) is 0 Å². The highest BCUT2D eigenvalue weighted by molar-refractivity contribution is 5.85. The van der Waals surface area contributed by atoms with Crippen LogP contribution in [0.25, 0.3) is 33.7 Å². The van der Waals surface area contributed by atoms with Gasteiger partial charge in [0.25, 0.3) is 5.56 Å². The molecule has 0 saturated heterocycles. The summed E-state index contributed by atoms with van der Waals surface area (Å²) in [6, 6.07) is 21.4. The Labute approximate surface area is 223 Å². The highest BCUT2D eigenvalue weighted by Crippen LogP contribution is 2.25. The Morgan fingerprint density at radius 1 is 1.00 bits per heavy atom. The van der Waals surface area contributed by atoms with Crippen LogP contribution in [0.2, 0.25) is 0 Å². The highest BCUT2D eigenvalue weighted by Gasteiger charge is 2.18. The molecule has 3 aromatic carbocycles. The fraction of sp³-hybridized carbons (Fsp3) is 0.133. The van der Waals surface area contributed by atoms with Gasteiger partial charge >= 0.3 is 6.09 Å². The molecule has 5 aromatic rings. The molecule has 1 N–H and O–H groups in total. The molecular formula is C30H24FN5O3. The van der Waals surface area contributed by atoms with Crippen molar-refractivity contribution in [1.29, 1.82) is 5.26 Å². The second kappa shape index (κ2) is 9.91. The van der Waals surface area contributed by atoms with Gasteiger partial charge in [-0.05, 0) is 93.6 Å². The van der Waals surface area contributed by atoms with Crippen LogP contribution in [0.15, 0.2) is 90.0 Å². The van der Waals surface area contributed by atoms with Crippen molar-refractivity contribution >= 4 is 22.7 Å². The van der Waals surface area contributed by atoms with Crippen molar-refractivity contribution in [3.8, 4) is 28.8 Å². The van der Waals surface area contributed by atoms with Crippen molar-refractivity contribution in [3.05, 3.63) is 107 Å². The number of fused-ring (bicyclic) bond motifs is 1. The van der Waals surface area contributed by atoms with Gasteiger partial charge < -0.3 is 9.30 Å². The van der Waals surface area contributed by atoms with E-state index in [-0.39, 0.29) is 5.56 Å². The number of amides is 1. The van der Waals surface area contributed by atoms with E-state index in [4.69, 9.17) is 9.72 Å². The average Bonchev–Trinajstić information content (AvgIpc) is 3.36. The molecule has 39 heavy (non-hydrogen) atoms. The van der Waals surface area contributed by atoms with E-state index < -0.39 is 17.5 Å². The molecule has 0 fully saturated rings. The van der Waals surface area contributed by atoms with E-state index in [9.17, 15) is 19.2 Å². The summed E-state index contributed by atoms with van der Waals surface area (Å²) in [4.78, 5) is 30.7. The van der Waals surface area contributed by atoms with Crippen molar-refractivity contribution in [2.75, 3.05) is 5.32 Å². The number of halogens is 1. The molecule has 194 valence electrons. The fourth-order valence-electron chi connectivity index (χ4n) is 4.10. The Bertz CT molecular complexity index is 1790. The van der Waals surface area contributed by atoms with Crippen LogP contribution >= 0.6 is 0 Å². The summed E-state index contributed by atoms with van der Waals surface area (Å²) >= 11 is 0. The smallest absolute Gasteiger partial charge is 0.412 e. The summed E-state index contributed by atoms with van der Waals surface area (Å²) in [7, 11) is 0. The minimum atomic E-state index is -0.621. The fourth-order valence-corrected chi connectivity index (χ4v) is 4.10. The first kappa shape index (κ1) is 25.4. The maximum absolute atomic E-state index is 13.7. The van der Waals surface area contributed by atoms with Crippen molar-refractivity contribution < 1.29 is 13.9 Å². The topological polar surface area (TPSA) is 102 Å². The number of nitrogens with one attached hydrogen (secondary N) is 1. The van der Waals surface area contributed by atoms with Crippen LogP contribution in [-0.4, -0.2) is 25.8 Å². The van der Waals surface area contributed by atoms with Crippen LogP contribution in [-0.2, 0) is 4.74 Å². The molecule has 0 unspecified atom stereocenters. The van der Waals surface area contributed by atoms with Gasteiger partial charge in [-0.15, -0.1) is 0 Å². The second-order valence-corrected chi connectivity index (χ2v) is 9.88. The molecule has 0 aliphatic heterocycles. The third-order valence-electron chi connectivity index (χ3n) is 5.85. The lowest BCUT2D eigenvalue weighted by Crippen LogP contribution is -2.27. The summed E-state index contributed by atoms with van der Waals surface area (Å²) in [5.41, 5.74) is 2.32. The Kier molecular flexibility index (Phi) is 6.46. The van der Waals surface area contributed by atoms with E-state index in [1.54, 1.807) is 86.3 Å². The SMILES string of the molecule is CC(C)(C)OC(=O)Nc1ccn(-c2ccc3c(=O)n(-c4ccc(F)cc4)c(-c4ccc(C#N)cc4)nc3c2)c1. The second-order valence-electron chi connectivity index (χ2n) is 9.88. The summed E-state index contributed by atoms with van der Waals surface area (Å²) < 4.78 is 22.2. The molecular weight excluding hydrogens is 497 g/mol. The monoisotopic (exact) mass is 521 g/mol. The molecule has 0 atom stereocenters.